The summed E-state index contributed by atoms with van der Waals surface area (Å²) < 4.78 is 35.2. The highest BCUT2D eigenvalue weighted by Crippen LogP contribution is 2.28. The van der Waals surface area contributed by atoms with E-state index in [2.05, 4.69) is 14.1 Å². The van der Waals surface area contributed by atoms with Gasteiger partial charge in [0.05, 0.1) is 11.7 Å². The van der Waals surface area contributed by atoms with Gasteiger partial charge in [0, 0.05) is 19.0 Å². The molecule has 1 aliphatic rings. The summed E-state index contributed by atoms with van der Waals surface area (Å²) in [7, 11) is -3.72. The Labute approximate surface area is 148 Å². The second kappa shape index (κ2) is 7.02. The second-order valence-corrected chi connectivity index (χ2v) is 8.11. The maximum atomic E-state index is 12.9. The van der Waals surface area contributed by atoms with Gasteiger partial charge in [0.25, 0.3) is 0 Å². The van der Waals surface area contributed by atoms with Crippen LogP contribution in [-0.4, -0.2) is 58.1 Å². The largest absolute Gasteiger partial charge is 0.480 e. The fourth-order valence-electron chi connectivity index (χ4n) is 2.79. The Bertz CT molecular complexity index is 903. The third kappa shape index (κ3) is 3.62. The molecule has 3 rings (SSSR count). The first kappa shape index (κ1) is 17.7. The molecule has 0 radical (unpaired) electrons. The van der Waals surface area contributed by atoms with Crippen molar-refractivity contribution in [3.8, 4) is 0 Å². The number of nitrogens with one attached hydrogen (secondary N) is 1. The maximum Gasteiger partial charge on any atom is 0.322 e. The molecule has 1 aromatic carbocycles. The van der Waals surface area contributed by atoms with Crippen LogP contribution in [0.2, 0.25) is 0 Å². The van der Waals surface area contributed by atoms with E-state index >= 15 is 0 Å². The Balaban J connectivity index is 1.71. The molecule has 1 fully saturated rings. The molecule has 1 saturated heterocycles. The van der Waals surface area contributed by atoms with Crippen LogP contribution in [0.4, 0.5) is 0 Å². The molecular weight excluding hydrogens is 368 g/mol. The molecule has 0 bridgehead atoms. The first-order chi connectivity index (χ1) is 11.9. The standard InChI is InChI=1S/C14H16N4O5S2/c19-12(20)8-15-14(21)9-4-6-18(7-5-9)25(22,23)11-3-1-2-10-13(11)17-24-16-10/h1-3,9H,4-8H2,(H,15,21)(H,19,20). The van der Waals surface area contributed by atoms with E-state index in [1.807, 2.05) is 0 Å². The molecule has 134 valence electrons. The number of sulfonamides is 1. The van der Waals surface area contributed by atoms with Crippen molar-refractivity contribution in [1.29, 1.82) is 0 Å². The number of aliphatic carboxylic acids is 1. The lowest BCUT2D eigenvalue weighted by Gasteiger charge is -2.30. The number of carbonyl (C=O) groups excluding carboxylic acids is 1. The number of hydrogen-bond donors (Lipinski definition) is 2. The fourth-order valence-corrected chi connectivity index (χ4v) is 5.02. The summed E-state index contributed by atoms with van der Waals surface area (Å²) in [6, 6.07) is 4.84. The Morgan fingerprint density at radius 3 is 2.68 bits per heavy atom. The molecule has 9 nitrogen and oxygen atoms in total. The first-order valence-corrected chi connectivity index (χ1v) is 9.77. The van der Waals surface area contributed by atoms with Crippen molar-refractivity contribution in [2.75, 3.05) is 19.6 Å². The highest BCUT2D eigenvalue weighted by Gasteiger charge is 2.33. The Morgan fingerprint density at radius 1 is 1.28 bits per heavy atom. The van der Waals surface area contributed by atoms with Gasteiger partial charge in [0.1, 0.15) is 22.5 Å². The molecule has 0 atom stereocenters. The Kier molecular flexibility index (Phi) is 4.97. The summed E-state index contributed by atoms with van der Waals surface area (Å²) in [5.74, 6) is -1.86. The Morgan fingerprint density at radius 2 is 2.00 bits per heavy atom. The van der Waals surface area contributed by atoms with E-state index in [9.17, 15) is 18.0 Å². The van der Waals surface area contributed by atoms with Gasteiger partial charge in [-0.3, -0.25) is 9.59 Å². The molecule has 2 N–H and O–H groups in total. The van der Waals surface area contributed by atoms with Gasteiger partial charge in [-0.15, -0.1) is 0 Å². The summed E-state index contributed by atoms with van der Waals surface area (Å²) in [6.45, 7) is -0.0426. The van der Waals surface area contributed by atoms with Crippen LogP contribution in [0.3, 0.4) is 0 Å². The summed E-state index contributed by atoms with van der Waals surface area (Å²) in [5.41, 5.74) is 0.892. The number of aromatic nitrogens is 2. The molecule has 1 amide bonds. The van der Waals surface area contributed by atoms with Crippen molar-refractivity contribution in [2.24, 2.45) is 5.92 Å². The minimum absolute atomic E-state index is 0.118. The molecule has 0 unspecified atom stereocenters. The van der Waals surface area contributed by atoms with Crippen LogP contribution >= 0.6 is 11.7 Å². The molecule has 1 aromatic heterocycles. The van der Waals surface area contributed by atoms with Crippen LogP contribution < -0.4 is 5.32 Å². The van der Waals surface area contributed by atoms with Crippen molar-refractivity contribution in [2.45, 2.75) is 17.7 Å². The number of hydrogen-bond acceptors (Lipinski definition) is 7. The van der Waals surface area contributed by atoms with Gasteiger partial charge in [-0.1, -0.05) is 6.07 Å². The molecular formula is C14H16N4O5S2. The number of fused-ring (bicyclic) bond motifs is 1. The quantitative estimate of drug-likeness (QED) is 0.758. The SMILES string of the molecule is O=C(O)CNC(=O)C1CCN(S(=O)(=O)c2cccc3nsnc23)CC1. The summed E-state index contributed by atoms with van der Waals surface area (Å²) in [5, 5.41) is 10.9. The Hall–Kier alpha value is -2.11. The normalized spacial score (nSPS) is 16.8. The minimum atomic E-state index is -3.72. The third-order valence-corrected chi connectivity index (χ3v) is 6.58. The van der Waals surface area contributed by atoms with E-state index in [0.717, 1.165) is 11.7 Å². The highest BCUT2D eigenvalue weighted by atomic mass is 32.2. The number of carbonyl (C=O) groups is 2. The van der Waals surface area contributed by atoms with E-state index in [4.69, 9.17) is 5.11 Å². The molecule has 0 saturated carbocycles. The lowest BCUT2D eigenvalue weighted by Crippen LogP contribution is -2.43. The monoisotopic (exact) mass is 384 g/mol. The number of nitrogens with zero attached hydrogens (tertiary/aromatic N) is 3. The van der Waals surface area contributed by atoms with Gasteiger partial charge in [-0.05, 0) is 25.0 Å². The number of rotatable bonds is 5. The van der Waals surface area contributed by atoms with Gasteiger partial charge in [-0.2, -0.15) is 13.1 Å². The van der Waals surface area contributed by atoms with E-state index in [0.29, 0.717) is 23.9 Å². The summed E-state index contributed by atoms with van der Waals surface area (Å²) >= 11 is 0.958. The molecule has 25 heavy (non-hydrogen) atoms. The lowest BCUT2D eigenvalue weighted by molar-refractivity contribution is -0.138. The van der Waals surface area contributed by atoms with Crippen molar-refractivity contribution >= 4 is 44.7 Å². The van der Waals surface area contributed by atoms with Crippen LogP contribution in [0.5, 0.6) is 0 Å². The zero-order valence-corrected chi connectivity index (χ0v) is 14.7. The van der Waals surface area contributed by atoms with E-state index in [1.54, 1.807) is 12.1 Å². The molecule has 2 heterocycles. The average molecular weight is 384 g/mol. The van der Waals surface area contributed by atoms with Crippen LogP contribution in [0.1, 0.15) is 12.8 Å². The smallest absolute Gasteiger partial charge is 0.322 e. The van der Waals surface area contributed by atoms with Crippen LogP contribution in [-0.2, 0) is 19.6 Å². The molecule has 0 aliphatic carbocycles. The number of piperidine rings is 1. The van der Waals surface area contributed by atoms with Crippen molar-refractivity contribution in [3.63, 3.8) is 0 Å². The summed E-state index contributed by atoms with van der Waals surface area (Å²) in [6.07, 6.45) is 0.686. The average Bonchev–Trinajstić information content (AvgIpc) is 3.08. The highest BCUT2D eigenvalue weighted by molar-refractivity contribution is 7.89. The number of benzene rings is 1. The van der Waals surface area contributed by atoms with Crippen molar-refractivity contribution < 1.29 is 23.1 Å². The maximum absolute atomic E-state index is 12.9. The predicted octanol–water partition coefficient (Wildman–Crippen LogP) is 0.293. The van der Waals surface area contributed by atoms with Gasteiger partial charge in [0.15, 0.2) is 0 Å². The number of carboxylic acids is 1. The van der Waals surface area contributed by atoms with Gasteiger partial charge < -0.3 is 10.4 Å². The van der Waals surface area contributed by atoms with Crippen molar-refractivity contribution in [3.05, 3.63) is 18.2 Å². The van der Waals surface area contributed by atoms with Crippen LogP contribution in [0.15, 0.2) is 23.1 Å². The lowest BCUT2D eigenvalue weighted by atomic mass is 9.97. The first-order valence-electron chi connectivity index (χ1n) is 7.60. The topological polar surface area (TPSA) is 130 Å². The molecule has 2 aromatic rings. The minimum Gasteiger partial charge on any atom is -0.480 e. The van der Waals surface area contributed by atoms with Gasteiger partial charge in [-0.25, -0.2) is 8.42 Å². The van der Waals surface area contributed by atoms with Gasteiger partial charge >= 0.3 is 5.97 Å². The fraction of sp³-hybridized carbons (Fsp3) is 0.429. The number of amides is 1. The van der Waals surface area contributed by atoms with Crippen LogP contribution in [0, 0.1) is 5.92 Å². The van der Waals surface area contributed by atoms with E-state index in [1.165, 1.54) is 10.4 Å². The third-order valence-electron chi connectivity index (χ3n) is 4.11. The number of carboxylic acid groups (broad SMARTS) is 1. The van der Waals surface area contributed by atoms with E-state index < -0.39 is 22.5 Å². The zero-order valence-electron chi connectivity index (χ0n) is 13.1. The van der Waals surface area contributed by atoms with E-state index in [-0.39, 0.29) is 29.8 Å². The summed E-state index contributed by atoms with van der Waals surface area (Å²) in [4.78, 5) is 22.5. The molecule has 1 aliphatic heterocycles. The van der Waals surface area contributed by atoms with Gasteiger partial charge in [0.2, 0.25) is 15.9 Å². The molecule has 0 spiro atoms. The van der Waals surface area contributed by atoms with Crippen LogP contribution in [0.25, 0.3) is 11.0 Å². The zero-order chi connectivity index (χ0) is 18.0. The van der Waals surface area contributed by atoms with Crippen molar-refractivity contribution in [1.82, 2.24) is 18.4 Å². The second-order valence-electron chi connectivity index (χ2n) is 5.68. The predicted molar refractivity (Wildman–Crippen MR) is 89.5 cm³/mol. The molecule has 11 heteroatoms.